The molecule has 0 saturated heterocycles. The van der Waals surface area contributed by atoms with Crippen LogP contribution in [0.25, 0.3) is 11.4 Å². The summed E-state index contributed by atoms with van der Waals surface area (Å²) in [5.74, 6) is -0.106. The van der Waals surface area contributed by atoms with Crippen LogP contribution in [0.1, 0.15) is 27.8 Å². The molecule has 0 amide bonds. The quantitative estimate of drug-likeness (QED) is 0.724. The number of rotatable bonds is 5. The Labute approximate surface area is 145 Å². The molecule has 0 spiro atoms. The molecule has 6 nitrogen and oxygen atoms in total. The Bertz CT molecular complexity index is 942. The number of aromatic nitrogens is 3. The summed E-state index contributed by atoms with van der Waals surface area (Å²) >= 11 is 0. The number of pyridine rings is 1. The molecule has 0 aliphatic carbocycles. The number of methoxy groups -OCH3 is 1. The van der Waals surface area contributed by atoms with E-state index in [1.54, 1.807) is 38.4 Å². The van der Waals surface area contributed by atoms with Crippen molar-refractivity contribution < 1.29 is 9.53 Å². The zero-order valence-electron chi connectivity index (χ0n) is 13.9. The fourth-order valence-corrected chi connectivity index (χ4v) is 2.55. The molecule has 1 aromatic carbocycles. The molecule has 0 radical (unpaired) electrons. The summed E-state index contributed by atoms with van der Waals surface area (Å²) in [7, 11) is 1.59. The van der Waals surface area contributed by atoms with Gasteiger partial charge in [0.1, 0.15) is 17.3 Å². The Morgan fingerprint density at radius 2 is 2.12 bits per heavy atom. The van der Waals surface area contributed by atoms with Gasteiger partial charge in [0.15, 0.2) is 5.92 Å². The summed E-state index contributed by atoms with van der Waals surface area (Å²) in [5.41, 5.74) is 2.07. The van der Waals surface area contributed by atoms with Gasteiger partial charge in [-0.15, -0.1) is 0 Å². The number of H-pyrrole nitrogens is 1. The number of Topliss-reactive ketones (excluding diaryl/α,β-unsaturated/α-hetero) is 1. The Hall–Kier alpha value is -3.46. The first kappa shape index (κ1) is 16.4. The van der Waals surface area contributed by atoms with Crippen LogP contribution >= 0.6 is 0 Å². The van der Waals surface area contributed by atoms with Crippen LogP contribution in [0.4, 0.5) is 0 Å². The third-order valence-electron chi connectivity index (χ3n) is 3.84. The van der Waals surface area contributed by atoms with Gasteiger partial charge in [0.05, 0.1) is 18.9 Å². The molecule has 2 heterocycles. The van der Waals surface area contributed by atoms with Crippen molar-refractivity contribution in [3.8, 4) is 23.2 Å². The number of ketones is 1. The Kier molecular flexibility index (Phi) is 4.57. The number of aryl methyl sites for hydroxylation is 1. The summed E-state index contributed by atoms with van der Waals surface area (Å²) in [6.07, 6.45) is 1.56. The molecule has 0 aliphatic heterocycles. The topological polar surface area (TPSA) is 91.7 Å². The number of benzene rings is 1. The number of carbonyl (C=O) groups excluding carboxylic acids is 1. The van der Waals surface area contributed by atoms with Crippen molar-refractivity contribution in [2.75, 3.05) is 7.11 Å². The van der Waals surface area contributed by atoms with Crippen LogP contribution in [0.2, 0.25) is 0 Å². The van der Waals surface area contributed by atoms with E-state index in [1.165, 1.54) is 0 Å². The van der Waals surface area contributed by atoms with E-state index in [4.69, 9.17) is 4.74 Å². The second-order valence-electron chi connectivity index (χ2n) is 5.47. The fraction of sp³-hybridized carbons (Fsp3) is 0.158. The van der Waals surface area contributed by atoms with Gasteiger partial charge < -0.3 is 9.72 Å². The summed E-state index contributed by atoms with van der Waals surface area (Å²) < 4.78 is 5.21. The number of nitrogens with zero attached hydrogens (tertiary/aromatic N) is 3. The molecule has 3 rings (SSSR count). The van der Waals surface area contributed by atoms with Crippen LogP contribution in [-0.4, -0.2) is 27.8 Å². The molecule has 25 heavy (non-hydrogen) atoms. The lowest BCUT2D eigenvalue weighted by atomic mass is 9.98. The van der Waals surface area contributed by atoms with Gasteiger partial charge in [0.25, 0.3) is 0 Å². The monoisotopic (exact) mass is 332 g/mol. The average Bonchev–Trinajstić information content (AvgIpc) is 3.05. The molecule has 0 saturated carbocycles. The third kappa shape index (κ3) is 3.26. The van der Waals surface area contributed by atoms with Crippen molar-refractivity contribution >= 4 is 5.78 Å². The van der Waals surface area contributed by atoms with E-state index >= 15 is 0 Å². The van der Waals surface area contributed by atoms with Crippen LogP contribution in [0.5, 0.6) is 5.75 Å². The van der Waals surface area contributed by atoms with Crippen LogP contribution in [0.3, 0.4) is 0 Å². The minimum Gasteiger partial charge on any atom is -0.497 e. The van der Waals surface area contributed by atoms with Crippen LogP contribution in [0, 0.1) is 18.3 Å². The lowest BCUT2D eigenvalue weighted by molar-refractivity contribution is 0.0972. The molecule has 3 aromatic rings. The number of ether oxygens (including phenoxy) is 1. The molecule has 0 aliphatic rings. The third-order valence-corrected chi connectivity index (χ3v) is 3.84. The molecule has 2 aromatic heterocycles. The highest BCUT2D eigenvalue weighted by Gasteiger charge is 2.27. The highest BCUT2D eigenvalue weighted by atomic mass is 16.5. The Balaban J connectivity index is 1.97. The van der Waals surface area contributed by atoms with E-state index in [0.717, 1.165) is 5.56 Å². The van der Waals surface area contributed by atoms with Crippen molar-refractivity contribution in [1.82, 2.24) is 15.0 Å². The maximum absolute atomic E-state index is 12.8. The van der Waals surface area contributed by atoms with Crippen molar-refractivity contribution in [2.24, 2.45) is 0 Å². The number of imidazole rings is 1. The van der Waals surface area contributed by atoms with Gasteiger partial charge in [0, 0.05) is 17.5 Å². The summed E-state index contributed by atoms with van der Waals surface area (Å²) in [5, 5.41) is 9.43. The molecule has 1 N–H and O–H groups in total. The maximum atomic E-state index is 12.8. The van der Waals surface area contributed by atoms with Gasteiger partial charge in [0.2, 0.25) is 5.78 Å². The second kappa shape index (κ2) is 6.97. The van der Waals surface area contributed by atoms with Crippen LogP contribution in [-0.2, 0) is 0 Å². The standard InChI is InChI=1S/C19H16N4O2/c1-12-17(18(24)15(11-20)16-8-3-4-9-21-16)23-19(22-12)13-6-5-7-14(10-13)25-2/h3-10,15H,1-2H3,(H,22,23)/t15-/m0/s1. The minimum absolute atomic E-state index is 0.245. The van der Waals surface area contributed by atoms with Gasteiger partial charge in [-0.05, 0) is 31.2 Å². The Morgan fingerprint density at radius 3 is 2.80 bits per heavy atom. The maximum Gasteiger partial charge on any atom is 0.206 e. The summed E-state index contributed by atoms with van der Waals surface area (Å²) in [6.45, 7) is 1.76. The van der Waals surface area contributed by atoms with E-state index in [9.17, 15) is 10.1 Å². The first-order valence-electron chi connectivity index (χ1n) is 7.70. The summed E-state index contributed by atoms with van der Waals surface area (Å²) in [4.78, 5) is 24.4. The molecular weight excluding hydrogens is 316 g/mol. The summed E-state index contributed by atoms with van der Waals surface area (Å²) in [6, 6.07) is 14.6. The predicted octanol–water partition coefficient (Wildman–Crippen LogP) is 3.28. The zero-order valence-corrected chi connectivity index (χ0v) is 13.9. The molecule has 0 fully saturated rings. The van der Waals surface area contributed by atoms with E-state index in [-0.39, 0.29) is 11.5 Å². The predicted molar refractivity (Wildman–Crippen MR) is 92.2 cm³/mol. The van der Waals surface area contributed by atoms with Gasteiger partial charge in [-0.1, -0.05) is 18.2 Å². The molecule has 6 heteroatoms. The van der Waals surface area contributed by atoms with Gasteiger partial charge in [-0.3, -0.25) is 9.78 Å². The van der Waals surface area contributed by atoms with Crippen molar-refractivity contribution in [3.63, 3.8) is 0 Å². The lowest BCUT2D eigenvalue weighted by Crippen LogP contribution is -2.14. The zero-order chi connectivity index (χ0) is 17.8. The van der Waals surface area contributed by atoms with Gasteiger partial charge in [-0.2, -0.15) is 5.26 Å². The number of hydrogen-bond acceptors (Lipinski definition) is 5. The number of hydrogen-bond donors (Lipinski definition) is 1. The molecule has 124 valence electrons. The number of nitrogens with one attached hydrogen (secondary N) is 1. The first-order chi connectivity index (χ1) is 12.1. The first-order valence-corrected chi connectivity index (χ1v) is 7.70. The fourth-order valence-electron chi connectivity index (χ4n) is 2.55. The molecule has 0 unspecified atom stereocenters. The lowest BCUT2D eigenvalue weighted by Gasteiger charge is -2.06. The van der Waals surface area contributed by atoms with Crippen molar-refractivity contribution in [2.45, 2.75) is 12.8 Å². The van der Waals surface area contributed by atoms with Crippen molar-refractivity contribution in [1.29, 1.82) is 5.26 Å². The van der Waals surface area contributed by atoms with E-state index in [1.807, 2.05) is 30.3 Å². The Morgan fingerprint density at radius 1 is 1.28 bits per heavy atom. The van der Waals surface area contributed by atoms with Gasteiger partial charge in [-0.25, -0.2) is 4.98 Å². The van der Waals surface area contributed by atoms with Crippen molar-refractivity contribution in [3.05, 3.63) is 65.7 Å². The largest absolute Gasteiger partial charge is 0.497 e. The smallest absolute Gasteiger partial charge is 0.206 e. The van der Waals surface area contributed by atoms with E-state index < -0.39 is 5.92 Å². The highest BCUT2D eigenvalue weighted by molar-refractivity contribution is 6.02. The minimum atomic E-state index is -0.985. The second-order valence-corrected chi connectivity index (χ2v) is 5.47. The van der Waals surface area contributed by atoms with Crippen LogP contribution < -0.4 is 4.74 Å². The molecule has 1 atom stereocenters. The highest BCUT2D eigenvalue weighted by Crippen LogP contribution is 2.25. The number of carbonyl (C=O) groups is 1. The van der Waals surface area contributed by atoms with Crippen LogP contribution in [0.15, 0.2) is 48.7 Å². The normalized spacial score (nSPS) is 11.6. The number of nitriles is 1. The number of aromatic amines is 1. The molecule has 0 bridgehead atoms. The van der Waals surface area contributed by atoms with E-state index in [0.29, 0.717) is 23.0 Å². The SMILES string of the molecule is COc1cccc(-c2nc(C(=O)[C@@H](C#N)c3ccccn3)c(C)[nH]2)c1. The van der Waals surface area contributed by atoms with E-state index in [2.05, 4.69) is 15.0 Å². The average molecular weight is 332 g/mol. The molecular formula is C19H16N4O2. The van der Waals surface area contributed by atoms with Gasteiger partial charge >= 0.3 is 0 Å².